The fourth-order valence-electron chi connectivity index (χ4n) is 0. The number of carboxylic acids is 1. The van der Waals surface area contributed by atoms with Gasteiger partial charge in [0.1, 0.15) is 0 Å². The first-order valence-corrected chi connectivity index (χ1v) is 1.49. The van der Waals surface area contributed by atoms with Gasteiger partial charge in [-0.15, -0.1) is 0 Å². The smallest absolute Gasteiger partial charge is 0.303 e. The number of carboxylic acid groups (broad SMARTS) is 1. The standard InChI is InChI=1S/C3H6O2.7H2O/c1-2-3(4)5;;;;;;;/h2H2,1H3,(H,4,5);7*1H2. The summed E-state index contributed by atoms with van der Waals surface area (Å²) < 4.78 is 0. The number of hydrogen-bond donors (Lipinski definition) is 1. The summed E-state index contributed by atoms with van der Waals surface area (Å²) in [6.45, 7) is 1.60. The van der Waals surface area contributed by atoms with Crippen molar-refractivity contribution in [2.75, 3.05) is 0 Å². The molecule has 0 saturated carbocycles. The molecule has 0 aromatic carbocycles. The quantitative estimate of drug-likeness (QED) is 0.434. The Balaban J connectivity index is -0.00000000381. The lowest BCUT2D eigenvalue weighted by molar-refractivity contribution is -0.136. The summed E-state index contributed by atoms with van der Waals surface area (Å²) in [5, 5.41) is 7.72. The molecule has 0 fully saturated rings. The number of carbonyl (C=O) groups is 1. The molecular formula is C3H20O9. The Labute approximate surface area is 68.8 Å². The van der Waals surface area contributed by atoms with E-state index in [0.29, 0.717) is 0 Å². The number of hydrogen-bond acceptors (Lipinski definition) is 1. The summed E-state index contributed by atoms with van der Waals surface area (Å²) in [5.41, 5.74) is 0. The van der Waals surface area contributed by atoms with Gasteiger partial charge in [0.05, 0.1) is 0 Å². The first-order chi connectivity index (χ1) is 2.27. The Bertz CT molecular complexity index is 45.0. The fourth-order valence-corrected chi connectivity index (χ4v) is 0. The molecule has 0 unspecified atom stereocenters. The molecule has 0 radical (unpaired) electrons. The first-order valence-electron chi connectivity index (χ1n) is 1.49. The zero-order valence-electron chi connectivity index (χ0n) is 6.56. The molecule has 15 N–H and O–H groups in total. The highest BCUT2D eigenvalue weighted by Crippen LogP contribution is 1.67. The highest BCUT2D eigenvalue weighted by molar-refractivity contribution is 5.66. The van der Waals surface area contributed by atoms with Crippen LogP contribution in [0.3, 0.4) is 0 Å². The van der Waals surface area contributed by atoms with Gasteiger partial charge in [0, 0.05) is 6.42 Å². The summed E-state index contributed by atoms with van der Waals surface area (Å²) in [6, 6.07) is 0. The summed E-state index contributed by atoms with van der Waals surface area (Å²) >= 11 is 0. The van der Waals surface area contributed by atoms with Gasteiger partial charge in [0.25, 0.3) is 0 Å². The van der Waals surface area contributed by atoms with Crippen LogP contribution in [0.4, 0.5) is 0 Å². The molecule has 0 spiro atoms. The summed E-state index contributed by atoms with van der Waals surface area (Å²) in [4.78, 5) is 9.37. The Morgan fingerprint density at radius 1 is 0.917 bits per heavy atom. The maximum Gasteiger partial charge on any atom is 0.303 e. The van der Waals surface area contributed by atoms with Crippen LogP contribution in [0.15, 0.2) is 0 Å². The third-order valence-corrected chi connectivity index (χ3v) is 0.302. The average Bonchev–Trinajstić information content (AvgIpc) is 1.38. The van der Waals surface area contributed by atoms with Crippen molar-refractivity contribution in [3.63, 3.8) is 0 Å². The molecule has 12 heavy (non-hydrogen) atoms. The molecule has 0 atom stereocenters. The van der Waals surface area contributed by atoms with E-state index >= 15 is 0 Å². The van der Waals surface area contributed by atoms with Crippen LogP contribution in [0.25, 0.3) is 0 Å². The average molecular weight is 200 g/mol. The summed E-state index contributed by atoms with van der Waals surface area (Å²) in [6.07, 6.45) is 0.222. The van der Waals surface area contributed by atoms with E-state index in [1.54, 1.807) is 6.92 Å². The van der Waals surface area contributed by atoms with E-state index in [9.17, 15) is 4.79 Å². The fraction of sp³-hybridized carbons (Fsp3) is 0.667. The molecular weight excluding hydrogens is 180 g/mol. The van der Waals surface area contributed by atoms with Crippen molar-refractivity contribution in [2.45, 2.75) is 13.3 Å². The minimum Gasteiger partial charge on any atom is -0.481 e. The minimum atomic E-state index is -0.745. The Morgan fingerprint density at radius 2 is 1.00 bits per heavy atom. The number of aliphatic carboxylic acids is 1. The van der Waals surface area contributed by atoms with E-state index < -0.39 is 5.97 Å². The van der Waals surface area contributed by atoms with Crippen LogP contribution in [0, 0.1) is 0 Å². The second-order valence-corrected chi connectivity index (χ2v) is 0.747. The molecule has 0 aromatic rings. The topological polar surface area (TPSA) is 258 Å². The first kappa shape index (κ1) is 114. The van der Waals surface area contributed by atoms with Crippen LogP contribution in [0.2, 0.25) is 0 Å². The van der Waals surface area contributed by atoms with Gasteiger partial charge in [0.2, 0.25) is 0 Å². The normalized spacial score (nSPS) is 3.08. The third-order valence-electron chi connectivity index (χ3n) is 0.302. The third kappa shape index (κ3) is 435. The monoisotopic (exact) mass is 200 g/mol. The Hall–Kier alpha value is -0.810. The van der Waals surface area contributed by atoms with E-state index in [1.165, 1.54) is 0 Å². The van der Waals surface area contributed by atoms with Crippen LogP contribution < -0.4 is 0 Å². The number of rotatable bonds is 1. The molecule has 9 nitrogen and oxygen atoms in total. The predicted octanol–water partition coefficient (Wildman–Crippen LogP) is -5.29. The van der Waals surface area contributed by atoms with Crippen LogP contribution in [0.1, 0.15) is 13.3 Å². The zero-order chi connectivity index (χ0) is 4.28. The Kier molecular flexibility index (Phi) is 805. The van der Waals surface area contributed by atoms with Crippen LogP contribution in [-0.4, -0.2) is 49.4 Å². The second kappa shape index (κ2) is 84.6. The van der Waals surface area contributed by atoms with E-state index in [0.717, 1.165) is 0 Å². The van der Waals surface area contributed by atoms with Crippen molar-refractivity contribution in [2.24, 2.45) is 0 Å². The van der Waals surface area contributed by atoms with Crippen molar-refractivity contribution in [1.82, 2.24) is 0 Å². The highest BCUT2D eigenvalue weighted by atomic mass is 16.4. The lowest BCUT2D eigenvalue weighted by Crippen LogP contribution is -1.86. The van der Waals surface area contributed by atoms with E-state index in [1.807, 2.05) is 0 Å². The van der Waals surface area contributed by atoms with Gasteiger partial charge in [-0.3, -0.25) is 4.79 Å². The maximum absolute atomic E-state index is 9.37. The SMILES string of the molecule is CCC(=O)O.O.O.O.O.O.O.O. The molecule has 9 heteroatoms. The van der Waals surface area contributed by atoms with Crippen molar-refractivity contribution in [3.8, 4) is 0 Å². The van der Waals surface area contributed by atoms with Gasteiger partial charge in [-0.25, -0.2) is 0 Å². The minimum absolute atomic E-state index is 0. The van der Waals surface area contributed by atoms with Gasteiger partial charge >= 0.3 is 5.97 Å². The Morgan fingerprint density at radius 3 is 1.00 bits per heavy atom. The van der Waals surface area contributed by atoms with Crippen LogP contribution >= 0.6 is 0 Å². The molecule has 0 heterocycles. The van der Waals surface area contributed by atoms with Crippen molar-refractivity contribution >= 4 is 5.97 Å². The maximum atomic E-state index is 9.37. The van der Waals surface area contributed by atoms with Gasteiger partial charge in [-0.1, -0.05) is 6.92 Å². The molecule has 0 aliphatic rings. The van der Waals surface area contributed by atoms with E-state index in [4.69, 9.17) is 5.11 Å². The summed E-state index contributed by atoms with van der Waals surface area (Å²) in [7, 11) is 0. The zero-order valence-corrected chi connectivity index (χ0v) is 6.56. The molecule has 0 aliphatic carbocycles. The van der Waals surface area contributed by atoms with Gasteiger partial charge in [-0.05, 0) is 0 Å². The van der Waals surface area contributed by atoms with Gasteiger partial charge in [0.15, 0.2) is 0 Å². The molecule has 0 saturated heterocycles. The molecule has 0 rings (SSSR count). The van der Waals surface area contributed by atoms with Crippen LogP contribution in [-0.2, 0) is 4.79 Å². The van der Waals surface area contributed by atoms with Crippen molar-refractivity contribution in [1.29, 1.82) is 0 Å². The lowest BCUT2D eigenvalue weighted by Gasteiger charge is -1.71. The predicted molar refractivity (Wildman–Crippen MR) is 43.2 cm³/mol. The van der Waals surface area contributed by atoms with Crippen molar-refractivity contribution in [3.05, 3.63) is 0 Å². The second-order valence-electron chi connectivity index (χ2n) is 0.747. The molecule has 0 bridgehead atoms. The molecule has 86 valence electrons. The van der Waals surface area contributed by atoms with Crippen molar-refractivity contribution < 1.29 is 48.2 Å². The van der Waals surface area contributed by atoms with Gasteiger partial charge in [-0.2, -0.15) is 0 Å². The highest BCUT2D eigenvalue weighted by Gasteiger charge is 1.80. The lowest BCUT2D eigenvalue weighted by atomic mass is 10.5. The van der Waals surface area contributed by atoms with Crippen LogP contribution in [0.5, 0.6) is 0 Å². The summed E-state index contributed by atoms with van der Waals surface area (Å²) in [5.74, 6) is -0.745. The van der Waals surface area contributed by atoms with Gasteiger partial charge < -0.3 is 43.4 Å². The largest absolute Gasteiger partial charge is 0.481 e. The van der Waals surface area contributed by atoms with E-state index in [2.05, 4.69) is 0 Å². The molecule has 0 aromatic heterocycles. The molecule has 0 aliphatic heterocycles. The van der Waals surface area contributed by atoms with E-state index in [-0.39, 0.29) is 44.8 Å². The molecule has 0 amide bonds.